The number of carboxylic acids is 1. The van der Waals surface area contributed by atoms with E-state index in [2.05, 4.69) is 10.3 Å². The number of hydrogen-bond donors (Lipinski definition) is 2. The van der Waals surface area contributed by atoms with Crippen molar-refractivity contribution in [3.8, 4) is 9.88 Å². The van der Waals surface area contributed by atoms with E-state index in [0.29, 0.717) is 17.0 Å². The van der Waals surface area contributed by atoms with Crippen LogP contribution in [0.4, 0.5) is 0 Å². The van der Waals surface area contributed by atoms with E-state index < -0.39 is 11.9 Å². The average Bonchev–Trinajstić information content (AvgIpc) is 3.13. The minimum Gasteiger partial charge on any atom is -0.481 e. The number of aromatic nitrogens is 1. The van der Waals surface area contributed by atoms with Crippen LogP contribution in [0.3, 0.4) is 0 Å². The van der Waals surface area contributed by atoms with Gasteiger partial charge in [-0.15, -0.1) is 22.7 Å². The van der Waals surface area contributed by atoms with Crippen molar-refractivity contribution in [1.29, 1.82) is 0 Å². The first-order valence-corrected chi connectivity index (χ1v) is 9.81. The van der Waals surface area contributed by atoms with Crippen LogP contribution in [0, 0.1) is 12.8 Å². The second kappa shape index (κ2) is 7.44. The highest BCUT2D eigenvalue weighted by Crippen LogP contribution is 2.31. The lowest BCUT2D eigenvalue weighted by Gasteiger charge is -2.22. The van der Waals surface area contributed by atoms with Crippen LogP contribution in [0.5, 0.6) is 0 Å². The largest absolute Gasteiger partial charge is 0.481 e. The summed E-state index contributed by atoms with van der Waals surface area (Å²) in [6.07, 6.45) is 4.24. The lowest BCUT2D eigenvalue weighted by atomic mass is 9.95. The zero-order valence-corrected chi connectivity index (χ0v) is 15.1. The Kier molecular flexibility index (Phi) is 5.30. The smallest absolute Gasteiger partial charge is 0.308 e. The maximum absolute atomic E-state index is 12.7. The second-order valence-electron chi connectivity index (χ2n) is 6.07. The van der Waals surface area contributed by atoms with Crippen LogP contribution in [0.2, 0.25) is 0 Å². The molecule has 2 heterocycles. The van der Waals surface area contributed by atoms with Crippen LogP contribution in [0.25, 0.3) is 9.88 Å². The van der Waals surface area contributed by atoms with Crippen molar-refractivity contribution >= 4 is 34.6 Å². The summed E-state index contributed by atoms with van der Waals surface area (Å²) in [6, 6.07) is 3.64. The molecule has 0 radical (unpaired) electrons. The van der Waals surface area contributed by atoms with Gasteiger partial charge < -0.3 is 10.4 Å². The summed E-state index contributed by atoms with van der Waals surface area (Å²) in [7, 11) is 0. The fourth-order valence-electron chi connectivity index (χ4n) is 3.12. The number of thiophene rings is 1. The fraction of sp³-hybridized carbons (Fsp3) is 0.471. The molecule has 128 valence electrons. The Labute approximate surface area is 148 Å². The Bertz CT molecular complexity index is 724. The van der Waals surface area contributed by atoms with Gasteiger partial charge in [0.15, 0.2) is 0 Å². The molecule has 2 aromatic rings. The first kappa shape index (κ1) is 17.1. The summed E-state index contributed by atoms with van der Waals surface area (Å²) in [5.74, 6) is -1.52. The lowest BCUT2D eigenvalue weighted by molar-refractivity contribution is -0.142. The first-order chi connectivity index (χ1) is 11.6. The van der Waals surface area contributed by atoms with E-state index in [1.54, 1.807) is 11.3 Å². The number of rotatable bonds is 4. The molecule has 0 saturated heterocycles. The van der Waals surface area contributed by atoms with Gasteiger partial charge in [0.25, 0.3) is 5.91 Å². The molecular weight excluding hydrogens is 344 g/mol. The van der Waals surface area contributed by atoms with Gasteiger partial charge in [-0.3, -0.25) is 9.59 Å². The number of carboxylic acid groups (broad SMARTS) is 1. The monoisotopic (exact) mass is 364 g/mol. The Morgan fingerprint density at radius 2 is 2.08 bits per heavy atom. The van der Waals surface area contributed by atoms with Gasteiger partial charge >= 0.3 is 5.97 Å². The van der Waals surface area contributed by atoms with E-state index in [1.807, 2.05) is 24.4 Å². The van der Waals surface area contributed by atoms with Gasteiger partial charge in [-0.25, -0.2) is 4.98 Å². The number of amides is 1. The number of carbonyl (C=O) groups is 2. The topological polar surface area (TPSA) is 79.3 Å². The van der Waals surface area contributed by atoms with Crippen LogP contribution in [-0.2, 0) is 4.79 Å². The molecule has 2 atom stereocenters. The van der Waals surface area contributed by atoms with E-state index in [9.17, 15) is 14.7 Å². The van der Waals surface area contributed by atoms with Gasteiger partial charge in [0, 0.05) is 6.04 Å². The lowest BCUT2D eigenvalue weighted by Crippen LogP contribution is -2.42. The van der Waals surface area contributed by atoms with E-state index in [-0.39, 0.29) is 11.9 Å². The van der Waals surface area contributed by atoms with Crippen molar-refractivity contribution in [2.24, 2.45) is 5.92 Å². The maximum atomic E-state index is 12.7. The molecule has 2 aromatic heterocycles. The van der Waals surface area contributed by atoms with Crippen molar-refractivity contribution in [3.63, 3.8) is 0 Å². The zero-order chi connectivity index (χ0) is 17.1. The van der Waals surface area contributed by atoms with Crippen molar-refractivity contribution in [1.82, 2.24) is 10.3 Å². The van der Waals surface area contributed by atoms with Crippen LogP contribution < -0.4 is 5.32 Å². The van der Waals surface area contributed by atoms with Crippen molar-refractivity contribution < 1.29 is 14.7 Å². The van der Waals surface area contributed by atoms with E-state index in [1.165, 1.54) is 11.3 Å². The molecule has 1 aliphatic carbocycles. The van der Waals surface area contributed by atoms with Crippen LogP contribution in [0.1, 0.15) is 47.5 Å². The molecule has 1 aliphatic rings. The molecule has 24 heavy (non-hydrogen) atoms. The summed E-state index contributed by atoms with van der Waals surface area (Å²) in [5, 5.41) is 15.2. The van der Waals surface area contributed by atoms with E-state index >= 15 is 0 Å². The van der Waals surface area contributed by atoms with Crippen molar-refractivity contribution in [2.45, 2.75) is 45.1 Å². The second-order valence-corrected chi connectivity index (χ2v) is 8.02. The molecule has 1 saturated carbocycles. The minimum absolute atomic E-state index is 0.203. The normalized spacial score (nSPS) is 21.2. The molecule has 0 aromatic carbocycles. The SMILES string of the molecule is Cc1nc(-c2cccs2)sc1C(=O)N[C@H]1CCCCC[C@H]1C(=O)O. The molecular formula is C17H20N2O3S2. The van der Waals surface area contributed by atoms with Gasteiger partial charge in [0.05, 0.1) is 16.5 Å². The van der Waals surface area contributed by atoms with Gasteiger partial charge in [0.2, 0.25) is 0 Å². The predicted octanol–water partition coefficient (Wildman–Crippen LogP) is 3.94. The molecule has 2 N–H and O–H groups in total. The van der Waals surface area contributed by atoms with Crippen LogP contribution in [0.15, 0.2) is 17.5 Å². The van der Waals surface area contributed by atoms with Crippen LogP contribution in [-0.4, -0.2) is 28.0 Å². The molecule has 7 heteroatoms. The van der Waals surface area contributed by atoms with Gasteiger partial charge in [0.1, 0.15) is 9.88 Å². The number of aryl methyl sites for hydroxylation is 1. The average molecular weight is 364 g/mol. The molecule has 5 nitrogen and oxygen atoms in total. The van der Waals surface area contributed by atoms with Crippen molar-refractivity contribution in [2.75, 3.05) is 0 Å². The quantitative estimate of drug-likeness (QED) is 0.805. The minimum atomic E-state index is -0.817. The highest BCUT2D eigenvalue weighted by molar-refractivity contribution is 7.22. The van der Waals surface area contributed by atoms with Crippen molar-refractivity contribution in [3.05, 3.63) is 28.1 Å². The standard InChI is InChI=1S/C17H20N2O3S2/c1-10-14(24-16(18-10)13-8-5-9-23-13)15(20)19-12-7-4-2-3-6-11(12)17(21)22/h5,8-9,11-12H,2-4,6-7H2,1H3,(H,19,20)(H,21,22)/t11-,12+/m1/s1. The predicted molar refractivity (Wildman–Crippen MR) is 95.6 cm³/mol. The molecule has 3 rings (SSSR count). The third kappa shape index (κ3) is 3.67. The summed E-state index contributed by atoms with van der Waals surface area (Å²) in [6.45, 7) is 1.82. The Morgan fingerprint density at radius 3 is 2.79 bits per heavy atom. The van der Waals surface area contributed by atoms with E-state index in [4.69, 9.17) is 0 Å². The first-order valence-electron chi connectivity index (χ1n) is 8.11. The summed E-state index contributed by atoms with van der Waals surface area (Å²) < 4.78 is 0. The molecule has 0 unspecified atom stereocenters. The Hall–Kier alpha value is -1.73. The molecule has 0 aliphatic heterocycles. The van der Waals surface area contributed by atoms with Gasteiger partial charge in [-0.2, -0.15) is 0 Å². The molecule has 1 amide bonds. The Morgan fingerprint density at radius 1 is 1.29 bits per heavy atom. The number of nitrogens with zero attached hydrogens (tertiary/aromatic N) is 1. The highest BCUT2D eigenvalue weighted by Gasteiger charge is 2.31. The zero-order valence-electron chi connectivity index (χ0n) is 13.4. The molecule has 0 spiro atoms. The Balaban J connectivity index is 1.77. The molecule has 1 fully saturated rings. The number of hydrogen-bond acceptors (Lipinski definition) is 5. The highest BCUT2D eigenvalue weighted by atomic mass is 32.1. The summed E-state index contributed by atoms with van der Waals surface area (Å²) in [4.78, 5) is 30.3. The maximum Gasteiger partial charge on any atom is 0.308 e. The number of nitrogens with one attached hydrogen (secondary N) is 1. The number of carbonyl (C=O) groups excluding carboxylic acids is 1. The fourth-order valence-corrected chi connectivity index (χ4v) is 4.89. The number of thiazole rings is 1. The summed E-state index contributed by atoms with van der Waals surface area (Å²) >= 11 is 2.96. The van der Waals surface area contributed by atoms with E-state index in [0.717, 1.165) is 35.6 Å². The number of aliphatic carboxylic acids is 1. The third-order valence-corrected chi connectivity index (χ3v) is 6.58. The molecule has 0 bridgehead atoms. The van der Waals surface area contributed by atoms with Gasteiger partial charge in [-0.1, -0.05) is 25.3 Å². The van der Waals surface area contributed by atoms with Crippen LogP contribution >= 0.6 is 22.7 Å². The summed E-state index contributed by atoms with van der Waals surface area (Å²) in [5.41, 5.74) is 0.696. The third-order valence-electron chi connectivity index (χ3n) is 4.38. The van der Waals surface area contributed by atoms with Gasteiger partial charge in [-0.05, 0) is 31.2 Å².